The standard InChI is InChI=1S/C16H23N3O2/c1-12(2)15-17-16(21-18-15)13(3)19(4)10-11-20-14-8-6-5-7-9-14/h5-9,12-13H,10-11H2,1-4H3/t13-/m0/s1. The fourth-order valence-corrected chi connectivity index (χ4v) is 1.86. The Bertz CT molecular complexity index is 539. The Morgan fingerprint density at radius 2 is 1.90 bits per heavy atom. The van der Waals surface area contributed by atoms with Crippen LogP contribution in [-0.4, -0.2) is 35.2 Å². The molecule has 1 aromatic heterocycles. The maximum absolute atomic E-state index is 5.70. The van der Waals surface area contributed by atoms with E-state index in [1.54, 1.807) is 0 Å². The summed E-state index contributed by atoms with van der Waals surface area (Å²) in [6, 6.07) is 9.89. The number of benzene rings is 1. The van der Waals surface area contributed by atoms with Crippen LogP contribution in [0.15, 0.2) is 34.9 Å². The molecule has 0 N–H and O–H groups in total. The number of hydrogen-bond donors (Lipinski definition) is 0. The molecular formula is C16H23N3O2. The van der Waals surface area contributed by atoms with Gasteiger partial charge in [0.1, 0.15) is 12.4 Å². The van der Waals surface area contributed by atoms with E-state index < -0.39 is 0 Å². The second kappa shape index (κ2) is 7.22. The smallest absolute Gasteiger partial charge is 0.243 e. The van der Waals surface area contributed by atoms with E-state index in [9.17, 15) is 0 Å². The van der Waals surface area contributed by atoms with Gasteiger partial charge in [-0.25, -0.2) is 0 Å². The van der Waals surface area contributed by atoms with E-state index in [0.717, 1.165) is 18.1 Å². The van der Waals surface area contributed by atoms with Gasteiger partial charge >= 0.3 is 0 Å². The van der Waals surface area contributed by atoms with E-state index in [-0.39, 0.29) is 12.0 Å². The quantitative estimate of drug-likeness (QED) is 0.783. The third-order valence-electron chi connectivity index (χ3n) is 3.45. The molecule has 5 nitrogen and oxygen atoms in total. The Labute approximate surface area is 125 Å². The minimum absolute atomic E-state index is 0.0735. The fraction of sp³-hybridized carbons (Fsp3) is 0.500. The summed E-state index contributed by atoms with van der Waals surface area (Å²) in [6.45, 7) is 7.57. The maximum Gasteiger partial charge on any atom is 0.243 e. The normalized spacial score (nSPS) is 12.9. The van der Waals surface area contributed by atoms with E-state index in [1.165, 1.54) is 0 Å². The maximum atomic E-state index is 5.70. The average Bonchev–Trinajstić information content (AvgIpc) is 2.97. The SMILES string of the molecule is CC(C)c1noc([C@H](C)N(C)CCOc2ccccc2)n1. The van der Waals surface area contributed by atoms with Gasteiger partial charge in [-0.1, -0.05) is 37.2 Å². The zero-order chi connectivity index (χ0) is 15.2. The fourth-order valence-electron chi connectivity index (χ4n) is 1.86. The molecule has 0 amide bonds. The Morgan fingerprint density at radius 1 is 1.19 bits per heavy atom. The summed E-state index contributed by atoms with van der Waals surface area (Å²) in [6.07, 6.45) is 0. The van der Waals surface area contributed by atoms with Gasteiger partial charge in [-0.2, -0.15) is 4.98 Å². The lowest BCUT2D eigenvalue weighted by Gasteiger charge is -2.21. The van der Waals surface area contributed by atoms with Gasteiger partial charge in [0.15, 0.2) is 5.82 Å². The second-order valence-corrected chi connectivity index (χ2v) is 5.46. The van der Waals surface area contributed by atoms with Crippen molar-refractivity contribution < 1.29 is 9.26 Å². The molecule has 1 heterocycles. The molecular weight excluding hydrogens is 266 g/mol. The highest BCUT2D eigenvalue weighted by atomic mass is 16.5. The van der Waals surface area contributed by atoms with Crippen LogP contribution in [0, 0.1) is 0 Å². The zero-order valence-corrected chi connectivity index (χ0v) is 13.1. The Hall–Kier alpha value is -1.88. The van der Waals surface area contributed by atoms with Crippen LogP contribution >= 0.6 is 0 Å². The van der Waals surface area contributed by atoms with Crippen molar-refractivity contribution >= 4 is 0 Å². The molecule has 2 aromatic rings. The molecule has 0 saturated heterocycles. The first-order chi connectivity index (χ1) is 10.1. The van der Waals surface area contributed by atoms with Crippen molar-refractivity contribution in [2.75, 3.05) is 20.2 Å². The summed E-state index contributed by atoms with van der Waals surface area (Å²) >= 11 is 0. The monoisotopic (exact) mass is 289 g/mol. The van der Waals surface area contributed by atoms with Crippen LogP contribution in [0.25, 0.3) is 0 Å². The number of rotatable bonds is 7. The minimum atomic E-state index is 0.0735. The van der Waals surface area contributed by atoms with Gasteiger partial charge in [0.05, 0.1) is 6.04 Å². The number of nitrogens with zero attached hydrogens (tertiary/aromatic N) is 3. The number of ether oxygens (including phenoxy) is 1. The van der Waals surface area contributed by atoms with Crippen LogP contribution in [0.2, 0.25) is 0 Å². The summed E-state index contributed by atoms with van der Waals surface area (Å²) in [5.41, 5.74) is 0. The molecule has 5 heteroatoms. The van der Waals surface area contributed by atoms with Gasteiger partial charge in [0, 0.05) is 12.5 Å². The molecule has 1 atom stereocenters. The van der Waals surface area contributed by atoms with E-state index >= 15 is 0 Å². The molecule has 0 bridgehead atoms. The first-order valence-corrected chi connectivity index (χ1v) is 7.29. The number of para-hydroxylation sites is 1. The minimum Gasteiger partial charge on any atom is -0.492 e. The van der Waals surface area contributed by atoms with Crippen LogP contribution < -0.4 is 4.74 Å². The third-order valence-corrected chi connectivity index (χ3v) is 3.45. The van der Waals surface area contributed by atoms with Gasteiger partial charge < -0.3 is 9.26 Å². The van der Waals surface area contributed by atoms with Crippen LogP contribution in [0.1, 0.15) is 44.4 Å². The van der Waals surface area contributed by atoms with Gasteiger partial charge in [-0.15, -0.1) is 0 Å². The van der Waals surface area contributed by atoms with Crippen molar-refractivity contribution in [1.82, 2.24) is 15.0 Å². The summed E-state index contributed by atoms with van der Waals surface area (Å²) in [5.74, 6) is 2.58. The van der Waals surface area contributed by atoms with Crippen molar-refractivity contribution in [1.29, 1.82) is 0 Å². The first kappa shape index (κ1) is 15.5. The molecule has 0 aliphatic heterocycles. The van der Waals surface area contributed by atoms with Crippen molar-refractivity contribution in [3.63, 3.8) is 0 Å². The van der Waals surface area contributed by atoms with Gasteiger partial charge in [-0.3, -0.25) is 4.90 Å². The van der Waals surface area contributed by atoms with Gasteiger partial charge in [0.2, 0.25) is 5.89 Å². The van der Waals surface area contributed by atoms with E-state index in [0.29, 0.717) is 12.5 Å². The molecule has 114 valence electrons. The molecule has 0 radical (unpaired) electrons. The summed E-state index contributed by atoms with van der Waals surface area (Å²) in [5, 5.41) is 4.00. The zero-order valence-electron chi connectivity index (χ0n) is 13.1. The first-order valence-electron chi connectivity index (χ1n) is 7.29. The summed E-state index contributed by atoms with van der Waals surface area (Å²) in [4.78, 5) is 6.58. The Kier molecular flexibility index (Phi) is 5.33. The van der Waals surface area contributed by atoms with Crippen LogP contribution in [0.5, 0.6) is 5.75 Å². The molecule has 1 aromatic carbocycles. The largest absolute Gasteiger partial charge is 0.492 e. The predicted octanol–water partition coefficient (Wildman–Crippen LogP) is 3.26. The summed E-state index contributed by atoms with van der Waals surface area (Å²) in [7, 11) is 2.03. The summed E-state index contributed by atoms with van der Waals surface area (Å²) < 4.78 is 11.0. The highest BCUT2D eigenvalue weighted by Crippen LogP contribution is 2.19. The Morgan fingerprint density at radius 3 is 2.52 bits per heavy atom. The van der Waals surface area contributed by atoms with Crippen LogP contribution in [0.4, 0.5) is 0 Å². The number of aromatic nitrogens is 2. The van der Waals surface area contributed by atoms with Crippen molar-refractivity contribution in [2.24, 2.45) is 0 Å². The number of likely N-dealkylation sites (N-methyl/N-ethyl adjacent to an activating group) is 1. The third kappa shape index (κ3) is 4.29. The van der Waals surface area contributed by atoms with Crippen LogP contribution in [-0.2, 0) is 0 Å². The number of hydrogen-bond acceptors (Lipinski definition) is 5. The molecule has 21 heavy (non-hydrogen) atoms. The van der Waals surface area contributed by atoms with Crippen molar-refractivity contribution in [2.45, 2.75) is 32.7 Å². The highest BCUT2D eigenvalue weighted by molar-refractivity contribution is 5.20. The molecule has 0 saturated carbocycles. The lowest BCUT2D eigenvalue weighted by molar-refractivity contribution is 0.174. The molecule has 0 aliphatic rings. The predicted molar refractivity (Wildman–Crippen MR) is 81.4 cm³/mol. The Balaban J connectivity index is 1.83. The molecule has 0 fully saturated rings. The topological polar surface area (TPSA) is 51.4 Å². The van der Waals surface area contributed by atoms with E-state index in [1.807, 2.05) is 37.4 Å². The van der Waals surface area contributed by atoms with Crippen LogP contribution in [0.3, 0.4) is 0 Å². The van der Waals surface area contributed by atoms with Crippen molar-refractivity contribution in [3.8, 4) is 5.75 Å². The average molecular weight is 289 g/mol. The van der Waals surface area contributed by atoms with E-state index in [4.69, 9.17) is 9.26 Å². The molecule has 2 rings (SSSR count). The van der Waals surface area contributed by atoms with Gasteiger partial charge in [-0.05, 0) is 26.1 Å². The van der Waals surface area contributed by atoms with Gasteiger partial charge in [0.25, 0.3) is 0 Å². The van der Waals surface area contributed by atoms with E-state index in [2.05, 4.69) is 35.8 Å². The molecule has 0 aliphatic carbocycles. The van der Waals surface area contributed by atoms with Crippen molar-refractivity contribution in [3.05, 3.63) is 42.0 Å². The highest BCUT2D eigenvalue weighted by Gasteiger charge is 2.19. The lowest BCUT2D eigenvalue weighted by Crippen LogP contribution is -2.27. The molecule has 0 spiro atoms. The molecule has 0 unspecified atom stereocenters. The lowest BCUT2D eigenvalue weighted by atomic mass is 10.2. The second-order valence-electron chi connectivity index (χ2n) is 5.46.